The van der Waals surface area contributed by atoms with Crippen molar-refractivity contribution >= 4 is 17.7 Å². The quantitative estimate of drug-likeness (QED) is 0.497. The van der Waals surface area contributed by atoms with E-state index < -0.39 is 11.5 Å². The highest BCUT2D eigenvalue weighted by Gasteiger charge is 2.44. The van der Waals surface area contributed by atoms with Crippen LogP contribution in [0.25, 0.3) is 0 Å². The fraction of sp³-hybridized carbons (Fsp3) is 0.562. The second kappa shape index (κ2) is 6.85. The molecule has 25 heavy (non-hydrogen) atoms. The predicted molar refractivity (Wildman–Crippen MR) is 88.8 cm³/mol. The van der Waals surface area contributed by atoms with Gasteiger partial charge in [-0.2, -0.15) is 0 Å². The summed E-state index contributed by atoms with van der Waals surface area (Å²) in [5, 5.41) is 13.1. The average Bonchev–Trinajstić information content (AvgIpc) is 3.21. The molecule has 5 N–H and O–H groups in total. The van der Waals surface area contributed by atoms with Crippen molar-refractivity contribution in [3.05, 3.63) is 23.5 Å². The number of β-amino-alcohol motifs (C(OH)–C–C–N with tert-alkyl or cyclic N) is 1. The average molecular weight is 349 g/mol. The zero-order valence-corrected chi connectivity index (χ0v) is 14.0. The highest BCUT2D eigenvalue weighted by Crippen LogP contribution is 2.22. The molecule has 3 amide bonds. The van der Waals surface area contributed by atoms with E-state index in [0.29, 0.717) is 6.54 Å². The molecule has 136 valence electrons. The molecule has 0 aliphatic carbocycles. The van der Waals surface area contributed by atoms with Gasteiger partial charge in [-0.25, -0.2) is 0 Å². The van der Waals surface area contributed by atoms with Crippen LogP contribution in [0.1, 0.15) is 33.8 Å². The standard InChI is InChI=1S/C16H23N5O4/c17-14(23)11-3-4-12(19-11)15(24)21-9-16(25,10-21)8-18-13(22)7-20-5-1-2-6-20/h3-4,19,25H,1-2,5-10H2,(H2,17,23)(H,18,22). The van der Waals surface area contributed by atoms with Crippen molar-refractivity contribution in [3.8, 4) is 0 Å². The lowest BCUT2D eigenvalue weighted by Crippen LogP contribution is -2.67. The molecule has 0 radical (unpaired) electrons. The van der Waals surface area contributed by atoms with Crippen molar-refractivity contribution in [2.45, 2.75) is 18.4 Å². The number of amides is 3. The Balaban J connectivity index is 1.44. The van der Waals surface area contributed by atoms with Gasteiger partial charge in [-0.05, 0) is 38.1 Å². The molecule has 0 atom stereocenters. The summed E-state index contributed by atoms with van der Waals surface area (Å²) >= 11 is 0. The molecule has 0 saturated carbocycles. The Labute approximate surface area is 145 Å². The number of likely N-dealkylation sites (tertiary alicyclic amines) is 2. The SMILES string of the molecule is NC(=O)c1ccc(C(=O)N2CC(O)(CNC(=O)CN3CCCC3)C2)[nH]1. The first-order valence-electron chi connectivity index (χ1n) is 8.36. The first-order valence-corrected chi connectivity index (χ1v) is 8.36. The molecule has 9 heteroatoms. The molecular weight excluding hydrogens is 326 g/mol. The van der Waals surface area contributed by atoms with Crippen molar-refractivity contribution in [1.82, 2.24) is 20.1 Å². The summed E-state index contributed by atoms with van der Waals surface area (Å²) in [6.07, 6.45) is 2.23. The minimum atomic E-state index is -1.12. The summed E-state index contributed by atoms with van der Waals surface area (Å²) in [4.78, 5) is 41.4. The molecule has 0 spiro atoms. The number of hydrogen-bond donors (Lipinski definition) is 4. The second-order valence-electron chi connectivity index (χ2n) is 6.80. The summed E-state index contributed by atoms with van der Waals surface area (Å²) in [6, 6.07) is 2.93. The fourth-order valence-electron chi connectivity index (χ4n) is 3.22. The van der Waals surface area contributed by atoms with Crippen LogP contribution in [-0.4, -0.2) is 82.5 Å². The molecule has 3 rings (SSSR count). The van der Waals surface area contributed by atoms with Gasteiger partial charge in [-0.1, -0.05) is 0 Å². The third-order valence-corrected chi connectivity index (χ3v) is 4.62. The fourth-order valence-corrected chi connectivity index (χ4v) is 3.22. The highest BCUT2D eigenvalue weighted by molar-refractivity contribution is 5.97. The topological polar surface area (TPSA) is 132 Å². The van der Waals surface area contributed by atoms with Crippen molar-refractivity contribution < 1.29 is 19.5 Å². The molecule has 2 aliphatic rings. The van der Waals surface area contributed by atoms with E-state index in [4.69, 9.17) is 5.73 Å². The van der Waals surface area contributed by atoms with Gasteiger partial charge < -0.3 is 26.0 Å². The van der Waals surface area contributed by atoms with Gasteiger partial charge in [0.2, 0.25) is 5.91 Å². The molecule has 2 fully saturated rings. The second-order valence-corrected chi connectivity index (χ2v) is 6.80. The van der Waals surface area contributed by atoms with Gasteiger partial charge in [-0.15, -0.1) is 0 Å². The van der Waals surface area contributed by atoms with Crippen LogP contribution >= 0.6 is 0 Å². The predicted octanol–water partition coefficient (Wildman–Crippen LogP) is -1.49. The van der Waals surface area contributed by atoms with Crippen molar-refractivity contribution in [3.63, 3.8) is 0 Å². The number of aromatic nitrogens is 1. The van der Waals surface area contributed by atoms with Crippen LogP contribution in [0, 0.1) is 0 Å². The number of aliphatic hydroxyl groups is 1. The number of nitrogens with one attached hydrogen (secondary N) is 2. The third kappa shape index (κ3) is 3.99. The van der Waals surface area contributed by atoms with Crippen LogP contribution in [0.3, 0.4) is 0 Å². The first-order chi connectivity index (χ1) is 11.9. The molecule has 9 nitrogen and oxygen atoms in total. The van der Waals surface area contributed by atoms with E-state index in [-0.39, 0.29) is 42.8 Å². The molecular formula is C16H23N5O4. The van der Waals surface area contributed by atoms with Gasteiger partial charge in [0.15, 0.2) is 0 Å². The number of hydrogen-bond acceptors (Lipinski definition) is 5. The molecule has 0 unspecified atom stereocenters. The minimum Gasteiger partial charge on any atom is -0.384 e. The van der Waals surface area contributed by atoms with E-state index in [1.54, 1.807) is 0 Å². The summed E-state index contributed by atoms with van der Waals surface area (Å²) in [6.45, 7) is 2.58. The Morgan fingerprint density at radius 2 is 1.84 bits per heavy atom. The van der Waals surface area contributed by atoms with Gasteiger partial charge in [0, 0.05) is 6.54 Å². The highest BCUT2D eigenvalue weighted by atomic mass is 16.3. The number of carbonyl (C=O) groups is 3. The van der Waals surface area contributed by atoms with E-state index >= 15 is 0 Å². The monoisotopic (exact) mass is 349 g/mol. The van der Waals surface area contributed by atoms with Gasteiger partial charge in [-0.3, -0.25) is 19.3 Å². The molecule has 1 aromatic heterocycles. The van der Waals surface area contributed by atoms with Crippen molar-refractivity contribution in [1.29, 1.82) is 0 Å². The molecule has 3 heterocycles. The zero-order chi connectivity index (χ0) is 18.0. The lowest BCUT2D eigenvalue weighted by molar-refractivity contribution is -0.126. The molecule has 1 aromatic rings. The minimum absolute atomic E-state index is 0.112. The number of rotatable bonds is 6. The van der Waals surface area contributed by atoms with E-state index in [9.17, 15) is 19.5 Å². The van der Waals surface area contributed by atoms with Crippen LogP contribution in [0.4, 0.5) is 0 Å². The van der Waals surface area contributed by atoms with Crippen LogP contribution in [-0.2, 0) is 4.79 Å². The Bertz CT molecular complexity index is 674. The van der Waals surface area contributed by atoms with Gasteiger partial charge in [0.1, 0.15) is 17.0 Å². The van der Waals surface area contributed by atoms with Crippen molar-refractivity contribution in [2.24, 2.45) is 5.73 Å². The van der Waals surface area contributed by atoms with Gasteiger partial charge in [0.25, 0.3) is 11.8 Å². The number of H-pyrrole nitrogens is 1. The Kier molecular flexibility index (Phi) is 4.78. The summed E-state index contributed by atoms with van der Waals surface area (Å²) in [5.41, 5.74) is 4.43. The summed E-state index contributed by atoms with van der Waals surface area (Å²) < 4.78 is 0. The normalized spacial score (nSPS) is 19.5. The maximum atomic E-state index is 12.3. The van der Waals surface area contributed by atoms with Crippen LogP contribution in [0.15, 0.2) is 12.1 Å². The lowest BCUT2D eigenvalue weighted by Gasteiger charge is -2.46. The third-order valence-electron chi connectivity index (χ3n) is 4.62. The first kappa shape index (κ1) is 17.4. The smallest absolute Gasteiger partial charge is 0.270 e. The van der Waals surface area contributed by atoms with E-state index in [1.807, 2.05) is 0 Å². The number of carbonyl (C=O) groups excluding carboxylic acids is 3. The van der Waals surface area contributed by atoms with Crippen LogP contribution < -0.4 is 11.1 Å². The number of primary amides is 1. The Morgan fingerprint density at radius 3 is 2.44 bits per heavy atom. The summed E-state index contributed by atoms with van der Waals surface area (Å²) in [7, 11) is 0. The van der Waals surface area contributed by atoms with E-state index in [0.717, 1.165) is 25.9 Å². The molecule has 0 aromatic carbocycles. The number of nitrogens with zero attached hydrogens (tertiary/aromatic N) is 2. The van der Waals surface area contributed by atoms with E-state index in [1.165, 1.54) is 17.0 Å². The van der Waals surface area contributed by atoms with E-state index in [2.05, 4.69) is 15.2 Å². The largest absolute Gasteiger partial charge is 0.384 e. The maximum absolute atomic E-state index is 12.3. The molecule has 0 bridgehead atoms. The van der Waals surface area contributed by atoms with Gasteiger partial charge in [0.05, 0.1) is 19.6 Å². The lowest BCUT2D eigenvalue weighted by atomic mass is 9.93. The summed E-state index contributed by atoms with van der Waals surface area (Å²) in [5.74, 6) is -1.07. The van der Waals surface area contributed by atoms with Crippen molar-refractivity contribution in [2.75, 3.05) is 39.3 Å². The Hall–Kier alpha value is -2.39. The Morgan fingerprint density at radius 1 is 1.20 bits per heavy atom. The number of aromatic amines is 1. The number of nitrogens with two attached hydrogens (primary N) is 1. The van der Waals surface area contributed by atoms with Gasteiger partial charge >= 0.3 is 0 Å². The maximum Gasteiger partial charge on any atom is 0.270 e. The van der Waals surface area contributed by atoms with Crippen LogP contribution in [0.2, 0.25) is 0 Å². The molecule has 2 aliphatic heterocycles. The van der Waals surface area contributed by atoms with Crippen LogP contribution in [0.5, 0.6) is 0 Å². The zero-order valence-electron chi connectivity index (χ0n) is 14.0. The molecule has 2 saturated heterocycles.